The van der Waals surface area contributed by atoms with Crippen molar-refractivity contribution in [1.82, 2.24) is 60.0 Å². The molecule has 3 saturated heterocycles. The Morgan fingerprint density at radius 3 is 1.85 bits per heavy atom. The van der Waals surface area contributed by atoms with Gasteiger partial charge in [0.2, 0.25) is 70.9 Å². The Balaban J connectivity index is 1.27. The normalized spacial score (nSPS) is 27.1. The van der Waals surface area contributed by atoms with Crippen LogP contribution in [0.3, 0.4) is 0 Å². The molecule has 1 spiro atoms. The van der Waals surface area contributed by atoms with Gasteiger partial charge in [-0.3, -0.25) is 57.5 Å². The van der Waals surface area contributed by atoms with Crippen molar-refractivity contribution >= 4 is 82.5 Å². The van der Waals surface area contributed by atoms with Crippen molar-refractivity contribution in [2.24, 2.45) is 17.8 Å². The lowest BCUT2D eigenvalue weighted by Crippen LogP contribution is -2.65. The van der Waals surface area contributed by atoms with Gasteiger partial charge in [-0.2, -0.15) is 13.2 Å². The number of amides is 12. The lowest BCUT2D eigenvalue weighted by atomic mass is 9.81. The molecule has 7 rings (SSSR count). The van der Waals surface area contributed by atoms with Gasteiger partial charge in [-0.05, 0) is 112 Å². The number of aryl methyl sites for hydroxylation is 1. The summed E-state index contributed by atoms with van der Waals surface area (Å²) in [4.78, 5) is 189. The van der Waals surface area contributed by atoms with Gasteiger partial charge < -0.3 is 60.0 Å². The minimum Gasteiger partial charge on any atom is -0.343 e. The highest BCUT2D eigenvalue weighted by molar-refractivity contribution is 6.31. The van der Waals surface area contributed by atoms with E-state index < -0.39 is 173 Å². The topological polar surface area (TPSA) is 270 Å². The molecule has 24 nitrogen and oxygen atoms in total. The minimum atomic E-state index is -4.76. The van der Waals surface area contributed by atoms with E-state index in [0.29, 0.717) is 70.0 Å². The highest BCUT2D eigenvalue weighted by atomic mass is 35.5. The monoisotopic (exact) mass is 1380 g/mol. The number of fused-ring (bicyclic) bond motifs is 1. The lowest BCUT2D eigenvalue weighted by molar-refractivity contribution is -0.156. The second-order valence-electron chi connectivity index (χ2n) is 28.2. The van der Waals surface area contributed by atoms with Crippen LogP contribution >= 0.6 is 11.6 Å². The van der Waals surface area contributed by atoms with E-state index in [0.717, 1.165) is 71.8 Å². The molecule has 6 fully saturated rings. The number of hydrogen-bond donors (Lipinski definition) is 3. The second kappa shape index (κ2) is 34.1. The lowest BCUT2D eigenvalue weighted by Gasteiger charge is -2.43. The largest absolute Gasteiger partial charge is 0.417 e. The first-order valence-electron chi connectivity index (χ1n) is 35.0. The summed E-state index contributed by atoms with van der Waals surface area (Å²) in [6, 6.07) is -5.47. The third kappa shape index (κ3) is 18.8. The SMILES string of the molecule is CC[C@H](C)[C@@H]1NC(=O)[C@H](CC)N(C)C(=O)C[C@@H](C(=O)N2CCCC2)N(C)C(=O)[C@H](C2CCCCC2)N(C)C(=O)C2(CCCC2)NC(=O)[C@@H]2CCCN2C(=O)[C@H](CCc2ccc(C(F)(F)F)c(Cl)c2)NC(=O)CN(C)C(=O)[C@H](CC2CCCC2)N(C)C(=O)CN(C)C(=O)CN(C)C1=O. The Kier molecular flexibility index (Phi) is 27.2. The van der Waals surface area contributed by atoms with Crippen molar-refractivity contribution in [2.75, 3.05) is 88.6 Å². The zero-order chi connectivity index (χ0) is 71.4. The number of likely N-dealkylation sites (N-methyl/N-ethyl adjacent to an activating group) is 7. The number of likely N-dealkylation sites (tertiary alicyclic amines) is 1. The Hall–Kier alpha value is -7.06. The third-order valence-corrected chi connectivity index (χ3v) is 21.9. The molecule has 1 aromatic carbocycles. The summed E-state index contributed by atoms with van der Waals surface area (Å²) in [7, 11) is 9.93. The van der Waals surface area contributed by atoms with E-state index >= 15 is 19.2 Å². The molecule has 3 heterocycles. The number of carbonyl (C=O) groups excluding carboxylic acids is 12. The number of alkyl halides is 3. The number of nitrogens with zero attached hydrogens (tertiary/aromatic N) is 9. The van der Waals surface area contributed by atoms with Gasteiger partial charge in [0.25, 0.3) is 0 Å². The quantitative estimate of drug-likeness (QED) is 0.279. The fourth-order valence-electron chi connectivity index (χ4n) is 15.2. The molecule has 3 aliphatic heterocycles. The summed E-state index contributed by atoms with van der Waals surface area (Å²) in [5, 5.41) is 8.10. The van der Waals surface area contributed by atoms with Crippen LogP contribution in [0.5, 0.6) is 0 Å². The van der Waals surface area contributed by atoms with E-state index in [9.17, 15) is 51.5 Å². The number of hydrogen-bond acceptors (Lipinski definition) is 12. The molecule has 12 amide bonds. The average Bonchev–Trinajstić information content (AvgIpc) is 1.75. The summed E-state index contributed by atoms with van der Waals surface area (Å²) in [5.74, 6) is -8.54. The van der Waals surface area contributed by atoms with E-state index in [2.05, 4.69) is 16.0 Å². The Bertz CT molecular complexity index is 3040. The van der Waals surface area contributed by atoms with Gasteiger partial charge in [0.15, 0.2) is 0 Å². The number of benzene rings is 1. The van der Waals surface area contributed by atoms with Gasteiger partial charge in [0, 0.05) is 69.0 Å². The molecule has 3 saturated carbocycles. The maximum absolute atomic E-state index is 15.7. The van der Waals surface area contributed by atoms with Crippen LogP contribution in [0.1, 0.15) is 173 Å². The van der Waals surface area contributed by atoms with E-state index in [1.54, 1.807) is 18.7 Å². The van der Waals surface area contributed by atoms with Crippen LogP contribution in [-0.2, 0) is 70.1 Å². The van der Waals surface area contributed by atoms with Gasteiger partial charge in [-0.1, -0.05) is 103 Å². The molecule has 0 bridgehead atoms. The summed E-state index contributed by atoms with van der Waals surface area (Å²) >= 11 is 6.14. The molecule has 0 radical (unpaired) electrons. The van der Waals surface area contributed by atoms with Gasteiger partial charge in [0.05, 0.1) is 36.6 Å². The third-order valence-electron chi connectivity index (χ3n) is 21.5. The van der Waals surface area contributed by atoms with Crippen LogP contribution in [0.2, 0.25) is 5.02 Å². The standard InChI is InChI=1S/C69H104ClF3N12O12/c1-11-43(3)58-65(95)79(6)41-56(88)77(4)42-57(89)81(8)52(38-44-23-16-17-24-44)63(93)78(5)40-54(86)74-49(31-29-45-28-30-47(48(70)37-45)69(71,72)73)62(92)85-36-22-27-51(85)61(91)76-68(32-18-19-33-68)67(97)83(10)59(46-25-14-13-15-26-46)66(96)82(9)53(64(94)84-34-20-21-35-84)39-55(87)80(7)50(12-2)60(90)75-58/h28,30,37,43-44,46,49-53,58-59H,11-27,29,31-36,38-42H2,1-10H3,(H,74,86)(H,75,90)(H,76,91)/t43-,49-,50-,51-,52-,53-,58-,59-/m0/s1. The predicted octanol–water partition coefficient (Wildman–Crippen LogP) is 5.01. The van der Waals surface area contributed by atoms with Gasteiger partial charge in [-0.15, -0.1) is 0 Å². The molecule has 3 aliphatic carbocycles. The number of halogens is 4. The van der Waals surface area contributed by atoms with Crippen LogP contribution in [-0.4, -0.2) is 251 Å². The summed E-state index contributed by atoms with van der Waals surface area (Å²) in [6.45, 7) is 4.39. The van der Waals surface area contributed by atoms with Crippen LogP contribution in [0, 0.1) is 17.8 Å². The van der Waals surface area contributed by atoms with E-state index in [1.165, 1.54) is 79.9 Å². The summed E-state index contributed by atoms with van der Waals surface area (Å²) in [6.07, 6.45) is 5.23. The first kappa shape index (κ1) is 77.3. The van der Waals surface area contributed by atoms with Crippen molar-refractivity contribution in [3.63, 3.8) is 0 Å². The zero-order valence-electron chi connectivity index (χ0n) is 58.4. The molecule has 3 N–H and O–H groups in total. The van der Waals surface area contributed by atoms with Gasteiger partial charge in [-0.25, -0.2) is 0 Å². The smallest absolute Gasteiger partial charge is 0.343 e. The van der Waals surface area contributed by atoms with Crippen LogP contribution < -0.4 is 16.0 Å². The van der Waals surface area contributed by atoms with Crippen molar-refractivity contribution in [2.45, 2.75) is 222 Å². The van der Waals surface area contributed by atoms with Crippen molar-refractivity contribution in [3.8, 4) is 0 Å². The molecule has 28 heteroatoms. The minimum absolute atomic E-state index is 0.0324. The van der Waals surface area contributed by atoms with Crippen LogP contribution in [0.25, 0.3) is 0 Å². The van der Waals surface area contributed by atoms with Gasteiger partial charge in [0.1, 0.15) is 47.8 Å². The zero-order valence-corrected chi connectivity index (χ0v) is 59.2. The molecule has 97 heavy (non-hydrogen) atoms. The molecule has 1 aromatic rings. The Labute approximate surface area is 574 Å². The van der Waals surface area contributed by atoms with Crippen molar-refractivity contribution in [3.05, 3.63) is 34.3 Å². The Morgan fingerprint density at radius 2 is 1.24 bits per heavy atom. The van der Waals surface area contributed by atoms with E-state index in [4.69, 9.17) is 11.6 Å². The first-order valence-corrected chi connectivity index (χ1v) is 35.4. The summed E-state index contributed by atoms with van der Waals surface area (Å²) in [5.41, 5.74) is -2.33. The molecule has 0 aromatic heterocycles. The molecule has 6 aliphatic rings. The first-order chi connectivity index (χ1) is 45.8. The number of nitrogens with one attached hydrogen (secondary N) is 3. The summed E-state index contributed by atoms with van der Waals surface area (Å²) < 4.78 is 41.5. The predicted molar refractivity (Wildman–Crippen MR) is 355 cm³/mol. The molecular weight excluding hydrogens is 1280 g/mol. The van der Waals surface area contributed by atoms with E-state index in [-0.39, 0.29) is 57.4 Å². The fraction of sp³-hybridized carbons (Fsp3) is 0.739. The van der Waals surface area contributed by atoms with Crippen molar-refractivity contribution in [1.29, 1.82) is 0 Å². The number of rotatable bonds is 10. The maximum atomic E-state index is 15.7. The van der Waals surface area contributed by atoms with E-state index in [1.807, 2.05) is 6.92 Å². The maximum Gasteiger partial charge on any atom is 0.417 e. The van der Waals surface area contributed by atoms with Crippen LogP contribution in [0.15, 0.2) is 18.2 Å². The average molecular weight is 1390 g/mol. The van der Waals surface area contributed by atoms with Crippen molar-refractivity contribution < 1.29 is 70.7 Å². The van der Waals surface area contributed by atoms with Crippen LogP contribution in [0.4, 0.5) is 13.2 Å². The highest BCUT2D eigenvalue weighted by Crippen LogP contribution is 2.38. The molecule has 8 atom stereocenters. The highest BCUT2D eigenvalue weighted by Gasteiger charge is 2.51. The van der Waals surface area contributed by atoms with Gasteiger partial charge >= 0.3 is 6.18 Å². The molecule has 0 unspecified atom stereocenters. The second-order valence-corrected chi connectivity index (χ2v) is 28.7. The molecular formula is C69H104ClF3N12O12. The number of carbonyl (C=O) groups is 12. The Morgan fingerprint density at radius 1 is 0.629 bits per heavy atom. The fourth-order valence-corrected chi connectivity index (χ4v) is 15.6. The molecule has 540 valence electrons.